The SMILES string of the molecule is CCOC(=O)C=C1CC2(CCN(C(=O)OC(C)(C)C)CC2)c2cc(C)ccc21. The molecule has 1 aliphatic carbocycles. The van der Waals surface area contributed by atoms with Gasteiger partial charge in [-0.1, -0.05) is 23.8 Å². The fraction of sp³-hybridized carbons (Fsp3) is 0.565. The Kier molecular flexibility index (Phi) is 5.55. The van der Waals surface area contributed by atoms with E-state index in [9.17, 15) is 9.59 Å². The average Bonchev–Trinajstić information content (AvgIpc) is 2.87. The zero-order chi connectivity index (χ0) is 20.5. The topological polar surface area (TPSA) is 55.8 Å². The Morgan fingerprint density at radius 2 is 1.89 bits per heavy atom. The Labute approximate surface area is 167 Å². The van der Waals surface area contributed by atoms with Crippen LogP contribution in [0.4, 0.5) is 4.79 Å². The van der Waals surface area contributed by atoms with Gasteiger partial charge in [-0.15, -0.1) is 0 Å². The average molecular weight is 386 g/mol. The molecule has 0 unspecified atom stereocenters. The number of carbonyl (C=O) groups excluding carboxylic acids is 2. The predicted octanol–water partition coefficient (Wildman–Crippen LogP) is 4.61. The molecular weight excluding hydrogens is 354 g/mol. The number of nitrogens with zero attached hydrogens (tertiary/aromatic N) is 1. The van der Waals surface area contributed by atoms with Gasteiger partial charge in [0.15, 0.2) is 0 Å². The van der Waals surface area contributed by atoms with Crippen molar-refractivity contribution in [2.24, 2.45) is 0 Å². The first kappa shape index (κ1) is 20.4. The number of hydrogen-bond acceptors (Lipinski definition) is 4. The molecule has 1 amide bonds. The number of fused-ring (bicyclic) bond motifs is 2. The summed E-state index contributed by atoms with van der Waals surface area (Å²) in [7, 11) is 0. The van der Waals surface area contributed by atoms with E-state index in [0.717, 1.165) is 30.4 Å². The molecule has 5 heteroatoms. The second-order valence-corrected chi connectivity index (χ2v) is 8.90. The highest BCUT2D eigenvalue weighted by molar-refractivity contribution is 5.93. The molecular formula is C23H31NO4. The lowest BCUT2D eigenvalue weighted by molar-refractivity contribution is -0.137. The van der Waals surface area contributed by atoms with Crippen LogP contribution >= 0.6 is 0 Å². The molecule has 2 aliphatic rings. The van der Waals surface area contributed by atoms with Crippen molar-refractivity contribution < 1.29 is 19.1 Å². The molecule has 0 N–H and O–H groups in total. The zero-order valence-corrected chi connectivity index (χ0v) is 17.6. The number of likely N-dealkylation sites (tertiary alicyclic amines) is 1. The number of aryl methyl sites for hydroxylation is 1. The van der Waals surface area contributed by atoms with Crippen molar-refractivity contribution in [3.8, 4) is 0 Å². The van der Waals surface area contributed by atoms with E-state index >= 15 is 0 Å². The molecule has 152 valence electrons. The largest absolute Gasteiger partial charge is 0.463 e. The van der Waals surface area contributed by atoms with Crippen LogP contribution in [0.3, 0.4) is 0 Å². The first-order chi connectivity index (χ1) is 13.1. The highest BCUT2D eigenvalue weighted by atomic mass is 16.6. The number of ether oxygens (including phenoxy) is 2. The van der Waals surface area contributed by atoms with E-state index in [1.54, 1.807) is 11.0 Å². The van der Waals surface area contributed by atoms with Crippen molar-refractivity contribution in [3.63, 3.8) is 0 Å². The van der Waals surface area contributed by atoms with Crippen LogP contribution in [-0.2, 0) is 19.7 Å². The van der Waals surface area contributed by atoms with Crippen LogP contribution < -0.4 is 0 Å². The lowest BCUT2D eigenvalue weighted by Gasteiger charge is -2.40. The molecule has 0 atom stereocenters. The van der Waals surface area contributed by atoms with Crippen molar-refractivity contribution in [1.82, 2.24) is 4.90 Å². The summed E-state index contributed by atoms with van der Waals surface area (Å²) in [6, 6.07) is 6.45. The number of amides is 1. The van der Waals surface area contributed by atoms with Gasteiger partial charge in [-0.2, -0.15) is 0 Å². The van der Waals surface area contributed by atoms with E-state index in [-0.39, 0.29) is 17.5 Å². The molecule has 0 saturated carbocycles. The Morgan fingerprint density at radius 1 is 1.21 bits per heavy atom. The second kappa shape index (κ2) is 7.61. The molecule has 1 fully saturated rings. The molecule has 1 saturated heterocycles. The lowest BCUT2D eigenvalue weighted by atomic mass is 9.73. The van der Waals surface area contributed by atoms with Gasteiger partial charge in [0.25, 0.3) is 0 Å². The van der Waals surface area contributed by atoms with Gasteiger partial charge in [-0.25, -0.2) is 9.59 Å². The van der Waals surface area contributed by atoms with E-state index in [1.165, 1.54) is 11.1 Å². The van der Waals surface area contributed by atoms with Gasteiger partial charge in [-0.3, -0.25) is 0 Å². The van der Waals surface area contributed by atoms with Crippen LogP contribution in [0, 0.1) is 6.92 Å². The maximum atomic E-state index is 12.4. The third-order valence-electron chi connectivity index (χ3n) is 5.57. The molecule has 1 spiro atoms. The monoisotopic (exact) mass is 385 g/mol. The Balaban J connectivity index is 1.83. The van der Waals surface area contributed by atoms with Gasteiger partial charge in [0.05, 0.1) is 6.61 Å². The highest BCUT2D eigenvalue weighted by Gasteiger charge is 2.44. The summed E-state index contributed by atoms with van der Waals surface area (Å²) in [5, 5.41) is 0. The number of piperidine rings is 1. The summed E-state index contributed by atoms with van der Waals surface area (Å²) in [5.74, 6) is -0.285. The maximum absolute atomic E-state index is 12.4. The molecule has 1 aromatic carbocycles. The van der Waals surface area contributed by atoms with Crippen LogP contribution in [0.1, 0.15) is 63.6 Å². The van der Waals surface area contributed by atoms with Gasteiger partial charge >= 0.3 is 12.1 Å². The molecule has 0 radical (unpaired) electrons. The molecule has 3 rings (SSSR count). The molecule has 28 heavy (non-hydrogen) atoms. The van der Waals surface area contributed by atoms with Crippen LogP contribution in [0.25, 0.3) is 5.57 Å². The Bertz CT molecular complexity index is 795. The minimum atomic E-state index is -0.487. The van der Waals surface area contributed by atoms with Crippen LogP contribution in [0.15, 0.2) is 24.3 Å². The van der Waals surface area contributed by atoms with Crippen molar-refractivity contribution in [3.05, 3.63) is 41.0 Å². The van der Waals surface area contributed by atoms with Crippen molar-refractivity contribution >= 4 is 17.6 Å². The summed E-state index contributed by atoms with van der Waals surface area (Å²) < 4.78 is 10.7. The Hall–Kier alpha value is -2.30. The predicted molar refractivity (Wildman–Crippen MR) is 109 cm³/mol. The summed E-state index contributed by atoms with van der Waals surface area (Å²) in [6.45, 7) is 11.3. The fourth-order valence-electron chi connectivity index (χ4n) is 4.28. The van der Waals surface area contributed by atoms with E-state index in [0.29, 0.717) is 19.7 Å². The number of carbonyl (C=O) groups is 2. The summed E-state index contributed by atoms with van der Waals surface area (Å²) in [5.41, 5.74) is 4.18. The first-order valence-corrected chi connectivity index (χ1v) is 10.1. The fourth-order valence-corrected chi connectivity index (χ4v) is 4.28. The van der Waals surface area contributed by atoms with Crippen molar-refractivity contribution in [2.45, 2.75) is 64.9 Å². The minimum absolute atomic E-state index is 0.0296. The van der Waals surface area contributed by atoms with Gasteiger partial charge in [0, 0.05) is 24.6 Å². The smallest absolute Gasteiger partial charge is 0.410 e. The molecule has 5 nitrogen and oxygen atoms in total. The van der Waals surface area contributed by atoms with E-state index < -0.39 is 5.60 Å². The van der Waals surface area contributed by atoms with Crippen molar-refractivity contribution in [1.29, 1.82) is 0 Å². The summed E-state index contributed by atoms with van der Waals surface area (Å²) >= 11 is 0. The second-order valence-electron chi connectivity index (χ2n) is 8.90. The highest BCUT2D eigenvalue weighted by Crippen LogP contribution is 2.51. The quantitative estimate of drug-likeness (QED) is 0.551. The molecule has 1 heterocycles. The molecule has 0 aromatic heterocycles. The third-order valence-corrected chi connectivity index (χ3v) is 5.57. The normalized spacial score (nSPS) is 19.6. The third kappa shape index (κ3) is 4.23. The summed E-state index contributed by atoms with van der Waals surface area (Å²) in [6.07, 6.45) is 3.94. The number of hydrogen-bond donors (Lipinski definition) is 0. The molecule has 1 aromatic rings. The van der Waals surface area contributed by atoms with Crippen LogP contribution in [0.5, 0.6) is 0 Å². The number of rotatable bonds is 2. The van der Waals surface area contributed by atoms with Gasteiger partial charge < -0.3 is 14.4 Å². The summed E-state index contributed by atoms with van der Waals surface area (Å²) in [4.78, 5) is 26.3. The zero-order valence-electron chi connectivity index (χ0n) is 17.6. The molecule has 0 bridgehead atoms. The van der Waals surface area contributed by atoms with E-state index in [4.69, 9.17) is 9.47 Å². The number of benzene rings is 1. The van der Waals surface area contributed by atoms with Crippen LogP contribution in [-0.4, -0.2) is 42.3 Å². The van der Waals surface area contributed by atoms with Gasteiger partial charge in [0.2, 0.25) is 0 Å². The lowest BCUT2D eigenvalue weighted by Crippen LogP contribution is -2.46. The number of allylic oxidation sites excluding steroid dienone is 1. The van der Waals surface area contributed by atoms with Crippen LogP contribution in [0.2, 0.25) is 0 Å². The maximum Gasteiger partial charge on any atom is 0.410 e. The standard InChI is InChI=1S/C23H31NO4/c1-6-27-20(25)14-17-15-23(19-13-16(2)7-8-18(17)19)9-11-24(12-10-23)21(26)28-22(3,4)5/h7-8,13-14H,6,9-12,15H2,1-5H3. The van der Waals surface area contributed by atoms with Gasteiger partial charge in [-0.05, 0) is 70.6 Å². The van der Waals surface area contributed by atoms with Gasteiger partial charge in [0.1, 0.15) is 5.60 Å². The number of esters is 1. The Morgan fingerprint density at radius 3 is 2.50 bits per heavy atom. The van der Waals surface area contributed by atoms with E-state index in [1.807, 2.05) is 27.7 Å². The van der Waals surface area contributed by atoms with Crippen molar-refractivity contribution in [2.75, 3.05) is 19.7 Å². The first-order valence-electron chi connectivity index (χ1n) is 10.1. The van der Waals surface area contributed by atoms with E-state index in [2.05, 4.69) is 25.1 Å². The minimum Gasteiger partial charge on any atom is -0.463 e. The molecule has 1 aliphatic heterocycles.